The van der Waals surface area contributed by atoms with Crippen LogP contribution in [0, 0.1) is 15.9 Å². The third-order valence-electron chi connectivity index (χ3n) is 3.17. The van der Waals surface area contributed by atoms with Crippen LogP contribution >= 0.6 is 0 Å². The molecule has 0 N–H and O–H groups in total. The Kier molecular flexibility index (Phi) is 4.90. The van der Waals surface area contributed by atoms with Gasteiger partial charge in [-0.25, -0.2) is 9.18 Å². The van der Waals surface area contributed by atoms with E-state index in [-0.39, 0.29) is 23.7 Å². The van der Waals surface area contributed by atoms with E-state index >= 15 is 0 Å². The SMILES string of the molecule is CN(C)c1ccc(C(=O)OCc2ccc(F)cc2)cc1[N+](=O)[O-]. The van der Waals surface area contributed by atoms with E-state index in [1.54, 1.807) is 19.0 Å². The number of nitro groups is 1. The van der Waals surface area contributed by atoms with E-state index in [4.69, 9.17) is 4.74 Å². The highest BCUT2D eigenvalue weighted by molar-refractivity contribution is 5.91. The maximum atomic E-state index is 12.8. The zero-order valence-corrected chi connectivity index (χ0v) is 12.7. The number of hydrogen-bond acceptors (Lipinski definition) is 5. The molecule has 0 heterocycles. The van der Waals surface area contributed by atoms with Crippen LogP contribution in [0.2, 0.25) is 0 Å². The first-order chi connectivity index (χ1) is 10.9. The standard InChI is InChI=1S/C16H15FN2O4/c1-18(2)14-8-5-12(9-15(14)19(21)22)16(20)23-10-11-3-6-13(17)7-4-11/h3-9H,10H2,1-2H3. The molecule has 0 bridgehead atoms. The second-order valence-corrected chi connectivity index (χ2v) is 5.06. The topological polar surface area (TPSA) is 72.7 Å². The summed E-state index contributed by atoms with van der Waals surface area (Å²) >= 11 is 0. The number of nitrogens with zero attached hydrogens (tertiary/aromatic N) is 2. The molecule has 0 spiro atoms. The maximum Gasteiger partial charge on any atom is 0.338 e. The first-order valence-corrected chi connectivity index (χ1v) is 6.76. The number of rotatable bonds is 5. The van der Waals surface area contributed by atoms with Gasteiger partial charge in [0.25, 0.3) is 5.69 Å². The summed E-state index contributed by atoms with van der Waals surface area (Å²) in [6.45, 7) is -0.0393. The summed E-state index contributed by atoms with van der Waals surface area (Å²) in [5.41, 5.74) is 0.930. The lowest BCUT2D eigenvalue weighted by Crippen LogP contribution is -2.12. The molecule has 0 aliphatic carbocycles. The van der Waals surface area contributed by atoms with Gasteiger partial charge in [0.2, 0.25) is 0 Å². The maximum absolute atomic E-state index is 12.8. The van der Waals surface area contributed by atoms with Gasteiger partial charge in [0.1, 0.15) is 18.1 Å². The summed E-state index contributed by atoms with van der Waals surface area (Å²) in [6.07, 6.45) is 0. The van der Waals surface area contributed by atoms with E-state index in [0.29, 0.717) is 11.3 Å². The predicted molar refractivity (Wildman–Crippen MR) is 82.9 cm³/mol. The highest BCUT2D eigenvalue weighted by Gasteiger charge is 2.19. The van der Waals surface area contributed by atoms with Crippen LogP contribution in [0.1, 0.15) is 15.9 Å². The summed E-state index contributed by atoms with van der Waals surface area (Å²) in [5, 5.41) is 11.1. The molecule has 0 amide bonds. The lowest BCUT2D eigenvalue weighted by atomic mass is 10.1. The number of halogens is 1. The van der Waals surface area contributed by atoms with Crippen molar-refractivity contribution in [1.29, 1.82) is 0 Å². The molecule has 0 saturated carbocycles. The number of esters is 1. The Balaban J connectivity index is 2.14. The zero-order chi connectivity index (χ0) is 17.0. The van der Waals surface area contributed by atoms with Crippen LogP contribution in [0.4, 0.5) is 15.8 Å². The fraction of sp³-hybridized carbons (Fsp3) is 0.188. The van der Waals surface area contributed by atoms with Gasteiger partial charge in [-0.05, 0) is 29.8 Å². The largest absolute Gasteiger partial charge is 0.457 e. The molecular weight excluding hydrogens is 303 g/mol. The number of nitro benzene ring substituents is 1. The molecule has 2 aromatic carbocycles. The third-order valence-corrected chi connectivity index (χ3v) is 3.17. The summed E-state index contributed by atoms with van der Waals surface area (Å²) in [7, 11) is 3.35. The van der Waals surface area contributed by atoms with Gasteiger partial charge in [0.15, 0.2) is 0 Å². The Morgan fingerprint density at radius 3 is 2.43 bits per heavy atom. The van der Waals surface area contributed by atoms with E-state index in [1.807, 2.05) is 0 Å². The molecule has 0 saturated heterocycles. The van der Waals surface area contributed by atoms with Gasteiger partial charge in [0, 0.05) is 20.2 Å². The van der Waals surface area contributed by atoms with Crippen molar-refractivity contribution in [3.8, 4) is 0 Å². The first-order valence-electron chi connectivity index (χ1n) is 6.76. The number of benzene rings is 2. The van der Waals surface area contributed by atoms with Gasteiger partial charge in [-0.2, -0.15) is 0 Å². The minimum absolute atomic E-state index is 0.0393. The molecule has 23 heavy (non-hydrogen) atoms. The lowest BCUT2D eigenvalue weighted by molar-refractivity contribution is -0.384. The monoisotopic (exact) mass is 318 g/mol. The van der Waals surface area contributed by atoms with E-state index in [0.717, 1.165) is 0 Å². The van der Waals surface area contributed by atoms with Crippen LogP contribution in [-0.2, 0) is 11.3 Å². The van der Waals surface area contributed by atoms with E-state index in [1.165, 1.54) is 42.5 Å². The minimum atomic E-state index is -0.678. The van der Waals surface area contributed by atoms with Crippen molar-refractivity contribution in [1.82, 2.24) is 0 Å². The van der Waals surface area contributed by atoms with Gasteiger partial charge in [-0.1, -0.05) is 12.1 Å². The van der Waals surface area contributed by atoms with Crippen LogP contribution in [0.5, 0.6) is 0 Å². The smallest absolute Gasteiger partial charge is 0.338 e. The van der Waals surface area contributed by atoms with Crippen molar-refractivity contribution in [2.24, 2.45) is 0 Å². The number of carbonyl (C=O) groups excluding carboxylic acids is 1. The molecule has 6 nitrogen and oxygen atoms in total. The fourth-order valence-electron chi connectivity index (χ4n) is 1.99. The summed E-state index contributed by atoms with van der Waals surface area (Å²) in [5.74, 6) is -1.06. The summed E-state index contributed by atoms with van der Waals surface area (Å²) < 4.78 is 17.9. The van der Waals surface area contributed by atoms with Crippen molar-refractivity contribution < 1.29 is 18.8 Å². The molecule has 0 radical (unpaired) electrons. The van der Waals surface area contributed by atoms with E-state index in [9.17, 15) is 19.3 Å². The molecule has 0 atom stereocenters. The molecule has 2 aromatic rings. The summed E-state index contributed by atoms with van der Waals surface area (Å²) in [6, 6.07) is 9.67. The molecule has 0 aliphatic rings. The van der Waals surface area contributed by atoms with Crippen LogP contribution in [0.3, 0.4) is 0 Å². The normalized spacial score (nSPS) is 10.2. The van der Waals surface area contributed by atoms with Crippen LogP contribution < -0.4 is 4.90 Å². The van der Waals surface area contributed by atoms with Crippen molar-refractivity contribution in [3.05, 3.63) is 69.5 Å². The van der Waals surface area contributed by atoms with Gasteiger partial charge < -0.3 is 9.64 Å². The zero-order valence-electron chi connectivity index (χ0n) is 12.7. The molecule has 0 unspecified atom stereocenters. The molecule has 7 heteroatoms. The van der Waals surface area contributed by atoms with Crippen molar-refractivity contribution in [3.63, 3.8) is 0 Å². The quantitative estimate of drug-likeness (QED) is 0.481. The first kappa shape index (κ1) is 16.4. The highest BCUT2D eigenvalue weighted by Crippen LogP contribution is 2.28. The van der Waals surface area contributed by atoms with Crippen LogP contribution in [0.15, 0.2) is 42.5 Å². The molecule has 0 aromatic heterocycles. The number of anilines is 1. The van der Waals surface area contributed by atoms with E-state index in [2.05, 4.69) is 0 Å². The van der Waals surface area contributed by atoms with Crippen molar-refractivity contribution in [2.45, 2.75) is 6.61 Å². The molecule has 120 valence electrons. The Labute approximate surface area is 132 Å². The summed E-state index contributed by atoms with van der Waals surface area (Å²) in [4.78, 5) is 24.2. The van der Waals surface area contributed by atoms with Gasteiger partial charge >= 0.3 is 5.97 Å². The van der Waals surface area contributed by atoms with Gasteiger partial charge in [-0.15, -0.1) is 0 Å². The fourth-order valence-corrected chi connectivity index (χ4v) is 1.99. The molecule has 2 rings (SSSR count). The minimum Gasteiger partial charge on any atom is -0.457 e. The average molecular weight is 318 g/mol. The number of carbonyl (C=O) groups is 1. The molecular formula is C16H15FN2O4. The predicted octanol–water partition coefficient (Wildman–Crippen LogP) is 3.16. The van der Waals surface area contributed by atoms with Crippen LogP contribution in [-0.4, -0.2) is 25.0 Å². The van der Waals surface area contributed by atoms with Gasteiger partial charge in [-0.3, -0.25) is 10.1 Å². The van der Waals surface area contributed by atoms with Crippen molar-refractivity contribution >= 4 is 17.3 Å². The van der Waals surface area contributed by atoms with E-state index < -0.39 is 10.9 Å². The third kappa shape index (κ3) is 4.03. The Hall–Kier alpha value is -2.96. The van der Waals surface area contributed by atoms with Crippen LogP contribution in [0.25, 0.3) is 0 Å². The highest BCUT2D eigenvalue weighted by atomic mass is 19.1. The van der Waals surface area contributed by atoms with Crippen molar-refractivity contribution in [2.75, 3.05) is 19.0 Å². The Morgan fingerprint density at radius 1 is 1.22 bits per heavy atom. The molecule has 0 aliphatic heterocycles. The Bertz CT molecular complexity index is 729. The second-order valence-electron chi connectivity index (χ2n) is 5.06. The second kappa shape index (κ2) is 6.87. The van der Waals surface area contributed by atoms with Gasteiger partial charge in [0.05, 0.1) is 10.5 Å². The lowest BCUT2D eigenvalue weighted by Gasteiger charge is -2.13. The molecule has 0 fully saturated rings. The average Bonchev–Trinajstić information content (AvgIpc) is 2.53. The number of hydrogen-bond donors (Lipinski definition) is 0. The Morgan fingerprint density at radius 2 is 1.87 bits per heavy atom. The number of ether oxygens (including phenoxy) is 1.